The molecule has 10 heteroatoms. The zero-order chi connectivity index (χ0) is 15.6. The third kappa shape index (κ3) is 3.38. The number of hydrogen-bond donors (Lipinski definition) is 2. The summed E-state index contributed by atoms with van der Waals surface area (Å²) in [4.78, 5) is 19.1. The summed E-state index contributed by atoms with van der Waals surface area (Å²) in [6.45, 7) is 3.28. The van der Waals surface area contributed by atoms with Gasteiger partial charge in [0.1, 0.15) is 12.1 Å². The lowest BCUT2D eigenvalue weighted by Gasteiger charge is -2.09. The van der Waals surface area contributed by atoms with E-state index in [-0.39, 0.29) is 11.5 Å². The van der Waals surface area contributed by atoms with Crippen LogP contribution in [0.3, 0.4) is 0 Å². The number of carbonyl (C=O) groups excluding carboxylic acids is 1. The maximum Gasteiger partial charge on any atom is 0.453 e. The van der Waals surface area contributed by atoms with Crippen molar-refractivity contribution in [2.45, 2.75) is 32.5 Å². The molecule has 2 heterocycles. The van der Waals surface area contributed by atoms with E-state index in [9.17, 15) is 18.0 Å². The summed E-state index contributed by atoms with van der Waals surface area (Å²) >= 11 is 0. The quantitative estimate of drug-likeness (QED) is 0.898. The number of H-pyrrole nitrogens is 1. The number of aromatic nitrogens is 4. The highest BCUT2D eigenvalue weighted by atomic mass is 19.4. The van der Waals surface area contributed by atoms with Crippen LogP contribution in [-0.4, -0.2) is 26.1 Å². The molecular weight excluding hydrogens is 291 g/mol. The Balaban J connectivity index is 2.05. The molecule has 0 saturated heterocycles. The van der Waals surface area contributed by atoms with E-state index in [1.54, 1.807) is 0 Å². The van der Waals surface area contributed by atoms with E-state index in [2.05, 4.69) is 25.5 Å². The van der Waals surface area contributed by atoms with Crippen LogP contribution < -0.4 is 5.32 Å². The molecular formula is C11H12F3N5O2. The number of alkyl halides is 3. The Hall–Kier alpha value is -2.39. The molecule has 7 nitrogen and oxygen atoms in total. The molecule has 1 unspecified atom stereocenters. The first-order chi connectivity index (χ1) is 9.81. The van der Waals surface area contributed by atoms with Gasteiger partial charge in [0.2, 0.25) is 0 Å². The van der Waals surface area contributed by atoms with Crippen molar-refractivity contribution < 1.29 is 22.4 Å². The van der Waals surface area contributed by atoms with Gasteiger partial charge in [-0.3, -0.25) is 9.89 Å². The van der Waals surface area contributed by atoms with Crippen LogP contribution in [-0.2, 0) is 12.6 Å². The van der Waals surface area contributed by atoms with Gasteiger partial charge in [-0.1, -0.05) is 6.92 Å². The van der Waals surface area contributed by atoms with E-state index in [0.717, 1.165) is 0 Å². The van der Waals surface area contributed by atoms with Gasteiger partial charge >= 0.3 is 6.18 Å². The number of halogens is 3. The predicted molar refractivity (Wildman–Crippen MR) is 63.1 cm³/mol. The van der Waals surface area contributed by atoms with Crippen LogP contribution in [0, 0.1) is 0 Å². The number of carbonyl (C=O) groups is 1. The fourth-order valence-corrected chi connectivity index (χ4v) is 1.51. The molecule has 114 valence electrons. The van der Waals surface area contributed by atoms with E-state index in [4.69, 9.17) is 4.42 Å². The first-order valence-electron chi connectivity index (χ1n) is 6.06. The standard InChI is InChI=1S/C11H12F3N5O2/c1-3-7-16-6(4-21-7)9(20)15-5(2)8-17-10(19-18-8)11(12,13)14/h4-5H,3H2,1-2H3,(H,15,20)(H,17,18,19). The molecule has 2 N–H and O–H groups in total. The highest BCUT2D eigenvalue weighted by molar-refractivity contribution is 5.92. The van der Waals surface area contributed by atoms with Crippen LogP contribution >= 0.6 is 0 Å². The second-order valence-electron chi connectivity index (χ2n) is 4.22. The molecule has 21 heavy (non-hydrogen) atoms. The van der Waals surface area contributed by atoms with Gasteiger partial charge in [0.25, 0.3) is 11.7 Å². The number of aryl methyl sites for hydroxylation is 1. The van der Waals surface area contributed by atoms with Crippen LogP contribution in [0.5, 0.6) is 0 Å². The lowest BCUT2D eigenvalue weighted by molar-refractivity contribution is -0.144. The Morgan fingerprint density at radius 2 is 2.19 bits per heavy atom. The number of aromatic amines is 1. The van der Waals surface area contributed by atoms with Gasteiger partial charge < -0.3 is 9.73 Å². The number of nitrogens with zero attached hydrogens (tertiary/aromatic N) is 3. The molecule has 0 spiro atoms. The van der Waals surface area contributed by atoms with Crippen molar-refractivity contribution in [1.82, 2.24) is 25.5 Å². The van der Waals surface area contributed by atoms with Crippen molar-refractivity contribution >= 4 is 5.91 Å². The average molecular weight is 303 g/mol. The Bertz CT molecular complexity index is 634. The van der Waals surface area contributed by atoms with Crippen LogP contribution in [0.25, 0.3) is 0 Å². The van der Waals surface area contributed by atoms with Crippen molar-refractivity contribution in [3.63, 3.8) is 0 Å². The van der Waals surface area contributed by atoms with Crippen LogP contribution in [0.4, 0.5) is 13.2 Å². The molecule has 2 rings (SSSR count). The summed E-state index contributed by atoms with van der Waals surface area (Å²) in [7, 11) is 0. The Morgan fingerprint density at radius 3 is 2.71 bits per heavy atom. The summed E-state index contributed by atoms with van der Waals surface area (Å²) in [5.41, 5.74) is 0.0502. The molecule has 2 aromatic heterocycles. The molecule has 1 amide bonds. The number of hydrogen-bond acceptors (Lipinski definition) is 5. The van der Waals surface area contributed by atoms with Gasteiger partial charge in [-0.25, -0.2) is 9.97 Å². The molecule has 0 aliphatic carbocycles. The van der Waals surface area contributed by atoms with Crippen molar-refractivity contribution in [1.29, 1.82) is 0 Å². The Morgan fingerprint density at radius 1 is 1.48 bits per heavy atom. The molecule has 0 bridgehead atoms. The molecule has 0 saturated carbocycles. The summed E-state index contributed by atoms with van der Waals surface area (Å²) in [6.07, 6.45) is -2.93. The Labute approximate surface area is 117 Å². The first-order valence-corrected chi connectivity index (χ1v) is 6.06. The highest BCUT2D eigenvalue weighted by Crippen LogP contribution is 2.26. The SMILES string of the molecule is CCc1nc(C(=O)NC(C)c2nc(C(F)(F)F)n[nH]2)co1. The van der Waals surface area contributed by atoms with Crippen molar-refractivity contribution in [3.8, 4) is 0 Å². The molecule has 0 radical (unpaired) electrons. The molecule has 0 aliphatic heterocycles. The minimum absolute atomic E-state index is 0.0502. The largest absolute Gasteiger partial charge is 0.453 e. The van der Waals surface area contributed by atoms with Crippen LogP contribution in [0.15, 0.2) is 10.7 Å². The van der Waals surface area contributed by atoms with Gasteiger partial charge in [0.05, 0.1) is 6.04 Å². The van der Waals surface area contributed by atoms with Crippen molar-refractivity contribution in [2.24, 2.45) is 0 Å². The summed E-state index contributed by atoms with van der Waals surface area (Å²) < 4.78 is 42.2. The minimum atomic E-state index is -4.64. The number of oxazole rings is 1. The van der Waals surface area contributed by atoms with E-state index in [1.807, 2.05) is 6.92 Å². The third-order valence-electron chi connectivity index (χ3n) is 2.60. The third-order valence-corrected chi connectivity index (χ3v) is 2.60. The monoisotopic (exact) mass is 303 g/mol. The van der Waals surface area contributed by atoms with E-state index < -0.39 is 23.9 Å². The first kappa shape index (κ1) is 15.0. The minimum Gasteiger partial charge on any atom is -0.448 e. The summed E-state index contributed by atoms with van der Waals surface area (Å²) in [5.74, 6) is -1.56. The molecule has 0 aliphatic rings. The van der Waals surface area contributed by atoms with Gasteiger partial charge in [-0.15, -0.1) is 5.10 Å². The lowest BCUT2D eigenvalue weighted by atomic mass is 10.3. The van der Waals surface area contributed by atoms with Crippen molar-refractivity contribution in [2.75, 3.05) is 0 Å². The zero-order valence-electron chi connectivity index (χ0n) is 11.2. The van der Waals surface area contributed by atoms with E-state index in [1.165, 1.54) is 13.2 Å². The van der Waals surface area contributed by atoms with Crippen molar-refractivity contribution in [3.05, 3.63) is 29.5 Å². The molecule has 1 atom stereocenters. The van der Waals surface area contributed by atoms with E-state index >= 15 is 0 Å². The molecule has 0 fully saturated rings. The highest BCUT2D eigenvalue weighted by Gasteiger charge is 2.36. The summed E-state index contributed by atoms with van der Waals surface area (Å²) in [6, 6.07) is -0.789. The van der Waals surface area contributed by atoms with Crippen LogP contribution in [0.2, 0.25) is 0 Å². The normalized spacial score (nSPS) is 13.2. The fraction of sp³-hybridized carbons (Fsp3) is 0.455. The smallest absolute Gasteiger partial charge is 0.448 e. The molecule has 0 aromatic carbocycles. The van der Waals surface area contributed by atoms with E-state index in [0.29, 0.717) is 12.3 Å². The topological polar surface area (TPSA) is 96.7 Å². The predicted octanol–water partition coefficient (Wildman–Crippen LogP) is 1.86. The zero-order valence-corrected chi connectivity index (χ0v) is 11.2. The maximum absolute atomic E-state index is 12.4. The number of nitrogens with one attached hydrogen (secondary N) is 2. The number of rotatable bonds is 4. The summed E-state index contributed by atoms with van der Waals surface area (Å²) in [5, 5.41) is 7.66. The fourth-order valence-electron chi connectivity index (χ4n) is 1.51. The second kappa shape index (κ2) is 5.54. The lowest BCUT2D eigenvalue weighted by Crippen LogP contribution is -2.27. The number of amides is 1. The molecule has 2 aromatic rings. The van der Waals surface area contributed by atoms with Gasteiger partial charge in [0.15, 0.2) is 11.6 Å². The van der Waals surface area contributed by atoms with Gasteiger partial charge in [-0.05, 0) is 6.92 Å². The average Bonchev–Trinajstić information content (AvgIpc) is 3.07. The maximum atomic E-state index is 12.4. The van der Waals surface area contributed by atoms with Gasteiger partial charge in [-0.2, -0.15) is 13.2 Å². The van der Waals surface area contributed by atoms with Crippen LogP contribution in [0.1, 0.15) is 47.9 Å². The second-order valence-corrected chi connectivity index (χ2v) is 4.22. The Kier molecular flexibility index (Phi) is 3.96. The van der Waals surface area contributed by atoms with Gasteiger partial charge in [0, 0.05) is 6.42 Å².